The summed E-state index contributed by atoms with van der Waals surface area (Å²) in [7, 11) is 2.16. The van der Waals surface area contributed by atoms with Crippen LogP contribution in [0, 0.1) is 0 Å². The van der Waals surface area contributed by atoms with Crippen LogP contribution < -0.4 is 0 Å². The molecule has 0 radical (unpaired) electrons. The molecule has 1 aromatic rings. The van der Waals surface area contributed by atoms with E-state index in [0.29, 0.717) is 0 Å². The van der Waals surface area contributed by atoms with Crippen LogP contribution in [0.5, 0.6) is 0 Å². The third kappa shape index (κ3) is 2.13. The highest BCUT2D eigenvalue weighted by molar-refractivity contribution is 4.96. The van der Waals surface area contributed by atoms with Crippen LogP contribution in [0.1, 0.15) is 18.5 Å². The van der Waals surface area contributed by atoms with Crippen LogP contribution >= 0.6 is 0 Å². The standard InChI is InChI=1S/C10H17N3O/c1-12(9-2-3-9)4-5-13-8-11-6-10(13)7-14/h6,8-9,14H,2-5,7H2,1H3. The molecule has 4 heteroatoms. The van der Waals surface area contributed by atoms with Gasteiger partial charge >= 0.3 is 0 Å². The normalized spacial score (nSPS) is 16.5. The van der Waals surface area contributed by atoms with Gasteiger partial charge in [-0.2, -0.15) is 0 Å². The van der Waals surface area contributed by atoms with Crippen LogP contribution in [0.4, 0.5) is 0 Å². The first-order valence-corrected chi connectivity index (χ1v) is 5.11. The molecule has 0 aliphatic heterocycles. The third-order valence-corrected chi connectivity index (χ3v) is 2.82. The first-order valence-electron chi connectivity index (χ1n) is 5.11. The van der Waals surface area contributed by atoms with Gasteiger partial charge in [-0.25, -0.2) is 4.98 Å². The molecule has 1 aliphatic carbocycles. The highest BCUT2D eigenvalue weighted by atomic mass is 16.3. The Balaban J connectivity index is 1.84. The number of aliphatic hydroxyl groups is 1. The second-order valence-electron chi connectivity index (χ2n) is 3.95. The number of aliphatic hydroxyl groups excluding tert-OH is 1. The zero-order chi connectivity index (χ0) is 9.97. The van der Waals surface area contributed by atoms with Gasteiger partial charge in [0.2, 0.25) is 0 Å². The minimum absolute atomic E-state index is 0.0765. The van der Waals surface area contributed by atoms with Crippen LogP contribution in [0.3, 0.4) is 0 Å². The fourth-order valence-corrected chi connectivity index (χ4v) is 1.64. The molecule has 14 heavy (non-hydrogen) atoms. The van der Waals surface area contributed by atoms with Crippen molar-refractivity contribution < 1.29 is 5.11 Å². The summed E-state index contributed by atoms with van der Waals surface area (Å²) in [5, 5.41) is 9.02. The smallest absolute Gasteiger partial charge is 0.0949 e. The van der Waals surface area contributed by atoms with Crippen molar-refractivity contribution in [3.63, 3.8) is 0 Å². The number of nitrogens with zero attached hydrogens (tertiary/aromatic N) is 3. The van der Waals surface area contributed by atoms with Gasteiger partial charge in [0, 0.05) is 19.1 Å². The maximum atomic E-state index is 9.02. The Bertz CT molecular complexity index is 293. The summed E-state index contributed by atoms with van der Waals surface area (Å²) in [6, 6.07) is 0.802. The van der Waals surface area contributed by atoms with Crippen molar-refractivity contribution in [3.8, 4) is 0 Å². The molecule has 1 N–H and O–H groups in total. The fraction of sp³-hybridized carbons (Fsp3) is 0.700. The molecule has 1 aromatic heterocycles. The van der Waals surface area contributed by atoms with E-state index in [1.807, 2.05) is 4.57 Å². The molecule has 1 fully saturated rings. The van der Waals surface area contributed by atoms with Crippen molar-refractivity contribution in [3.05, 3.63) is 18.2 Å². The quantitative estimate of drug-likeness (QED) is 0.742. The first kappa shape index (κ1) is 9.68. The molecule has 0 unspecified atom stereocenters. The predicted octanol–water partition coefficient (Wildman–Crippen LogP) is 0.470. The summed E-state index contributed by atoms with van der Waals surface area (Å²) in [5.41, 5.74) is 0.897. The molecule has 1 heterocycles. The summed E-state index contributed by atoms with van der Waals surface area (Å²) in [4.78, 5) is 6.39. The Kier molecular flexibility index (Phi) is 2.84. The number of likely N-dealkylation sites (N-methyl/N-ethyl adjacent to an activating group) is 1. The van der Waals surface area contributed by atoms with Crippen molar-refractivity contribution >= 4 is 0 Å². The maximum absolute atomic E-state index is 9.02. The molecule has 0 atom stereocenters. The monoisotopic (exact) mass is 195 g/mol. The topological polar surface area (TPSA) is 41.3 Å². The molecule has 0 spiro atoms. The largest absolute Gasteiger partial charge is 0.390 e. The lowest BCUT2D eigenvalue weighted by atomic mass is 10.4. The molecule has 0 bridgehead atoms. The van der Waals surface area contributed by atoms with E-state index >= 15 is 0 Å². The zero-order valence-corrected chi connectivity index (χ0v) is 8.56. The molecule has 0 aromatic carbocycles. The number of imidazole rings is 1. The first-order chi connectivity index (χ1) is 6.81. The molecule has 1 saturated carbocycles. The molecular weight excluding hydrogens is 178 g/mol. The van der Waals surface area contributed by atoms with Gasteiger partial charge in [-0.3, -0.25) is 0 Å². The van der Waals surface area contributed by atoms with Gasteiger partial charge in [0.05, 0.1) is 24.8 Å². The Hall–Kier alpha value is -0.870. The Morgan fingerprint density at radius 1 is 1.64 bits per heavy atom. The molecule has 78 valence electrons. The average Bonchev–Trinajstić information content (AvgIpc) is 2.94. The average molecular weight is 195 g/mol. The second kappa shape index (κ2) is 4.11. The van der Waals surface area contributed by atoms with E-state index < -0.39 is 0 Å². The zero-order valence-electron chi connectivity index (χ0n) is 8.56. The summed E-state index contributed by atoms with van der Waals surface area (Å²) >= 11 is 0. The van der Waals surface area contributed by atoms with E-state index in [9.17, 15) is 0 Å². The lowest BCUT2D eigenvalue weighted by molar-refractivity contribution is 0.262. The van der Waals surface area contributed by atoms with Gasteiger partial charge in [-0.1, -0.05) is 0 Å². The molecule has 1 aliphatic rings. The summed E-state index contributed by atoms with van der Waals surface area (Å²) < 4.78 is 2.01. The lowest BCUT2D eigenvalue weighted by Gasteiger charge is -2.16. The van der Waals surface area contributed by atoms with Crippen molar-refractivity contribution in [1.82, 2.24) is 14.5 Å². The summed E-state index contributed by atoms with van der Waals surface area (Å²) in [6.45, 7) is 2.03. The molecule has 0 saturated heterocycles. The van der Waals surface area contributed by atoms with Gasteiger partial charge in [0.25, 0.3) is 0 Å². The minimum atomic E-state index is 0.0765. The fourth-order valence-electron chi connectivity index (χ4n) is 1.64. The number of rotatable bonds is 5. The molecule has 2 rings (SSSR count). The van der Waals surface area contributed by atoms with E-state index in [2.05, 4.69) is 16.9 Å². The summed E-state index contributed by atoms with van der Waals surface area (Å²) in [6.07, 6.45) is 6.18. The Labute approximate surface area is 84.2 Å². The third-order valence-electron chi connectivity index (χ3n) is 2.82. The SMILES string of the molecule is CN(CCn1cncc1CO)C1CC1. The number of hydrogen-bond acceptors (Lipinski definition) is 3. The van der Waals surface area contributed by atoms with Gasteiger partial charge in [-0.05, 0) is 19.9 Å². The Morgan fingerprint density at radius 3 is 3.07 bits per heavy atom. The van der Waals surface area contributed by atoms with Gasteiger partial charge in [0.15, 0.2) is 0 Å². The maximum Gasteiger partial charge on any atom is 0.0949 e. The lowest BCUT2D eigenvalue weighted by Crippen LogP contribution is -2.25. The molecule has 4 nitrogen and oxygen atoms in total. The van der Waals surface area contributed by atoms with Crippen LogP contribution in [0.25, 0.3) is 0 Å². The second-order valence-corrected chi connectivity index (χ2v) is 3.95. The van der Waals surface area contributed by atoms with E-state index in [-0.39, 0.29) is 6.61 Å². The highest BCUT2D eigenvalue weighted by Gasteiger charge is 2.25. The van der Waals surface area contributed by atoms with E-state index in [4.69, 9.17) is 5.11 Å². The van der Waals surface area contributed by atoms with Crippen LogP contribution in [0.15, 0.2) is 12.5 Å². The van der Waals surface area contributed by atoms with E-state index in [1.165, 1.54) is 12.8 Å². The summed E-state index contributed by atoms with van der Waals surface area (Å²) in [5.74, 6) is 0. The van der Waals surface area contributed by atoms with Crippen molar-refractivity contribution in [2.75, 3.05) is 13.6 Å². The van der Waals surface area contributed by atoms with Gasteiger partial charge < -0.3 is 14.6 Å². The molecular formula is C10H17N3O. The van der Waals surface area contributed by atoms with E-state index in [0.717, 1.165) is 24.8 Å². The van der Waals surface area contributed by atoms with Crippen molar-refractivity contribution in [2.24, 2.45) is 0 Å². The van der Waals surface area contributed by atoms with Crippen molar-refractivity contribution in [2.45, 2.75) is 32.0 Å². The molecule has 0 amide bonds. The van der Waals surface area contributed by atoms with Crippen molar-refractivity contribution in [1.29, 1.82) is 0 Å². The minimum Gasteiger partial charge on any atom is -0.390 e. The van der Waals surface area contributed by atoms with Gasteiger partial charge in [0.1, 0.15) is 0 Å². The van der Waals surface area contributed by atoms with E-state index in [1.54, 1.807) is 12.5 Å². The Morgan fingerprint density at radius 2 is 2.43 bits per heavy atom. The van der Waals surface area contributed by atoms with Gasteiger partial charge in [-0.15, -0.1) is 0 Å². The number of aromatic nitrogens is 2. The highest BCUT2D eigenvalue weighted by Crippen LogP contribution is 2.24. The van der Waals surface area contributed by atoms with Crippen LogP contribution in [0.2, 0.25) is 0 Å². The van der Waals surface area contributed by atoms with Crippen LogP contribution in [-0.2, 0) is 13.2 Å². The van der Waals surface area contributed by atoms with Crippen LogP contribution in [-0.4, -0.2) is 39.2 Å². The number of hydrogen-bond donors (Lipinski definition) is 1. The predicted molar refractivity (Wildman–Crippen MR) is 53.8 cm³/mol.